The SMILES string of the molecule is CC1([B]N2CCCC(N3N=NC(C4CCCCCCC4)N3)C2)CCCCCC1. The minimum Gasteiger partial charge on any atom is -0.344 e. The largest absolute Gasteiger partial charge is 0.344 e. The summed E-state index contributed by atoms with van der Waals surface area (Å²) >= 11 is 0. The molecule has 0 bridgehead atoms. The van der Waals surface area contributed by atoms with Gasteiger partial charge in [-0.2, -0.15) is 5.43 Å². The first-order chi connectivity index (χ1) is 13.7. The van der Waals surface area contributed by atoms with Crippen molar-refractivity contribution in [2.24, 2.45) is 16.3 Å². The van der Waals surface area contributed by atoms with Crippen molar-refractivity contribution in [2.45, 2.75) is 121 Å². The van der Waals surface area contributed by atoms with Gasteiger partial charge >= 0.3 is 0 Å². The summed E-state index contributed by atoms with van der Waals surface area (Å²) < 4.78 is 0. The van der Waals surface area contributed by atoms with Crippen LogP contribution >= 0.6 is 0 Å². The van der Waals surface area contributed by atoms with Crippen LogP contribution in [0.2, 0.25) is 5.31 Å². The summed E-state index contributed by atoms with van der Waals surface area (Å²) in [7, 11) is 2.60. The molecule has 0 aromatic rings. The molecule has 0 amide bonds. The first-order valence-electron chi connectivity index (χ1n) is 12.3. The van der Waals surface area contributed by atoms with E-state index >= 15 is 0 Å². The highest BCUT2D eigenvalue weighted by atomic mass is 15.8. The average Bonchev–Trinajstić information content (AvgIpc) is 3.05. The van der Waals surface area contributed by atoms with Gasteiger partial charge in [-0.05, 0) is 43.5 Å². The molecule has 1 radical (unpaired) electrons. The molecule has 0 aromatic heterocycles. The van der Waals surface area contributed by atoms with Crippen molar-refractivity contribution in [3.05, 3.63) is 0 Å². The van der Waals surface area contributed by atoms with Crippen molar-refractivity contribution >= 4 is 7.41 Å². The van der Waals surface area contributed by atoms with E-state index in [4.69, 9.17) is 0 Å². The molecule has 0 aromatic carbocycles. The summed E-state index contributed by atoms with van der Waals surface area (Å²) in [5.41, 5.74) is 3.68. The molecule has 4 rings (SSSR count). The van der Waals surface area contributed by atoms with Crippen molar-refractivity contribution in [2.75, 3.05) is 13.1 Å². The zero-order chi connectivity index (χ0) is 19.2. The Bertz CT molecular complexity index is 497. The van der Waals surface area contributed by atoms with E-state index in [1.54, 1.807) is 0 Å². The second kappa shape index (κ2) is 9.93. The summed E-state index contributed by atoms with van der Waals surface area (Å²) in [5, 5.41) is 11.8. The van der Waals surface area contributed by atoms with Crippen LogP contribution in [0, 0.1) is 5.92 Å². The molecule has 1 N–H and O–H groups in total. The summed E-state index contributed by atoms with van der Waals surface area (Å²) in [5.74, 6) is 0.671. The molecular weight excluding hydrogens is 345 g/mol. The molecule has 5 nitrogen and oxygen atoms in total. The topological polar surface area (TPSA) is 43.2 Å². The van der Waals surface area contributed by atoms with E-state index in [1.807, 2.05) is 0 Å². The molecule has 2 saturated carbocycles. The molecule has 2 atom stereocenters. The second-order valence-corrected chi connectivity index (χ2v) is 10.2. The van der Waals surface area contributed by atoms with Gasteiger partial charge in [-0.3, -0.25) is 0 Å². The van der Waals surface area contributed by atoms with Crippen LogP contribution in [-0.4, -0.2) is 42.6 Å². The Kier molecular flexibility index (Phi) is 7.32. The number of nitrogens with zero attached hydrogens (tertiary/aromatic N) is 4. The lowest BCUT2D eigenvalue weighted by Crippen LogP contribution is -2.53. The minimum absolute atomic E-state index is 0.219. The van der Waals surface area contributed by atoms with E-state index in [0.29, 0.717) is 17.3 Å². The van der Waals surface area contributed by atoms with Crippen LogP contribution in [0.1, 0.15) is 103 Å². The maximum atomic E-state index is 4.67. The number of nitrogens with one attached hydrogen (secondary N) is 1. The van der Waals surface area contributed by atoms with Gasteiger partial charge in [0.25, 0.3) is 0 Å². The molecule has 4 aliphatic rings. The van der Waals surface area contributed by atoms with Crippen molar-refractivity contribution < 1.29 is 0 Å². The number of hydrogen-bond donors (Lipinski definition) is 1. The lowest BCUT2D eigenvalue weighted by Gasteiger charge is -2.40. The fourth-order valence-electron chi connectivity index (χ4n) is 5.89. The molecule has 0 spiro atoms. The predicted octanol–water partition coefficient (Wildman–Crippen LogP) is 5.48. The molecule has 2 heterocycles. The fourth-order valence-corrected chi connectivity index (χ4v) is 5.89. The maximum Gasteiger partial charge on any atom is 0.215 e. The molecule has 157 valence electrons. The van der Waals surface area contributed by atoms with Crippen molar-refractivity contribution in [3.8, 4) is 0 Å². The van der Waals surface area contributed by atoms with Crippen LogP contribution in [0.3, 0.4) is 0 Å². The van der Waals surface area contributed by atoms with Gasteiger partial charge in [-0.25, -0.2) is 5.12 Å². The third-order valence-electron chi connectivity index (χ3n) is 7.65. The van der Waals surface area contributed by atoms with Crippen molar-refractivity contribution in [3.63, 3.8) is 0 Å². The fraction of sp³-hybridized carbons (Fsp3) is 1.00. The Morgan fingerprint density at radius 3 is 2.29 bits per heavy atom. The van der Waals surface area contributed by atoms with Crippen molar-refractivity contribution in [1.29, 1.82) is 0 Å². The Hall–Kier alpha value is -0.615. The smallest absolute Gasteiger partial charge is 0.215 e. The van der Waals surface area contributed by atoms with Gasteiger partial charge in [0.1, 0.15) is 6.17 Å². The van der Waals surface area contributed by atoms with Gasteiger partial charge in [0.15, 0.2) is 0 Å². The van der Waals surface area contributed by atoms with Crippen LogP contribution in [0.15, 0.2) is 10.3 Å². The molecule has 3 fully saturated rings. The van der Waals surface area contributed by atoms with E-state index in [9.17, 15) is 0 Å². The number of rotatable bonds is 4. The minimum atomic E-state index is 0.219. The summed E-state index contributed by atoms with van der Waals surface area (Å²) in [6.07, 6.45) is 20.6. The lowest BCUT2D eigenvalue weighted by molar-refractivity contribution is 0.0820. The Morgan fingerprint density at radius 1 is 0.857 bits per heavy atom. The predicted molar refractivity (Wildman–Crippen MR) is 116 cm³/mol. The average molecular weight is 386 g/mol. The third-order valence-corrected chi connectivity index (χ3v) is 7.65. The Balaban J connectivity index is 1.28. The van der Waals surface area contributed by atoms with Crippen LogP contribution in [0.4, 0.5) is 0 Å². The molecule has 2 aliphatic carbocycles. The summed E-state index contributed by atoms with van der Waals surface area (Å²) in [6, 6.07) is 0.460. The van der Waals surface area contributed by atoms with Crippen LogP contribution in [0.5, 0.6) is 0 Å². The van der Waals surface area contributed by atoms with E-state index in [1.165, 1.54) is 103 Å². The Morgan fingerprint density at radius 2 is 1.54 bits per heavy atom. The normalized spacial score (nSPS) is 33.2. The van der Waals surface area contributed by atoms with E-state index < -0.39 is 0 Å². The maximum absolute atomic E-state index is 4.67. The number of hydrazine groups is 1. The quantitative estimate of drug-likeness (QED) is 0.514. The van der Waals surface area contributed by atoms with Gasteiger partial charge in [-0.15, -0.1) is 5.11 Å². The van der Waals surface area contributed by atoms with Gasteiger partial charge in [-0.1, -0.05) is 82.8 Å². The molecular formula is C22H41BN5. The molecule has 2 aliphatic heterocycles. The van der Waals surface area contributed by atoms with E-state index in [2.05, 4.69) is 40.0 Å². The summed E-state index contributed by atoms with van der Waals surface area (Å²) in [4.78, 5) is 2.61. The van der Waals surface area contributed by atoms with E-state index in [-0.39, 0.29) is 6.17 Å². The Labute approximate surface area is 173 Å². The van der Waals surface area contributed by atoms with Gasteiger partial charge < -0.3 is 4.81 Å². The third kappa shape index (κ3) is 5.50. The highest BCUT2D eigenvalue weighted by molar-refractivity contribution is 6.36. The molecule has 1 saturated heterocycles. The summed E-state index contributed by atoms with van der Waals surface area (Å²) in [6.45, 7) is 4.79. The zero-order valence-corrected chi connectivity index (χ0v) is 18.1. The molecule has 2 unspecified atom stereocenters. The highest BCUT2D eigenvalue weighted by Gasteiger charge is 2.36. The van der Waals surface area contributed by atoms with Crippen molar-refractivity contribution in [1.82, 2.24) is 15.4 Å². The van der Waals surface area contributed by atoms with Crippen LogP contribution < -0.4 is 5.43 Å². The van der Waals surface area contributed by atoms with Gasteiger partial charge in [0.05, 0.1) is 6.04 Å². The van der Waals surface area contributed by atoms with Crippen LogP contribution in [0.25, 0.3) is 0 Å². The number of piperidine rings is 1. The highest BCUT2D eigenvalue weighted by Crippen LogP contribution is 2.41. The lowest BCUT2D eigenvalue weighted by atomic mass is 9.56. The van der Waals surface area contributed by atoms with Gasteiger partial charge in [0, 0.05) is 6.54 Å². The molecule has 6 heteroatoms. The monoisotopic (exact) mass is 386 g/mol. The second-order valence-electron chi connectivity index (χ2n) is 10.2. The zero-order valence-electron chi connectivity index (χ0n) is 18.1. The number of hydrogen-bond acceptors (Lipinski definition) is 5. The molecule has 28 heavy (non-hydrogen) atoms. The van der Waals surface area contributed by atoms with Crippen LogP contribution in [-0.2, 0) is 0 Å². The van der Waals surface area contributed by atoms with E-state index in [0.717, 1.165) is 6.54 Å². The first kappa shape index (κ1) is 20.6. The first-order valence-corrected chi connectivity index (χ1v) is 12.3. The standard InChI is InChI=1S/C22H41BN5/c1-22(15-9-5-6-10-16-22)23-27-17-11-14-20(18-27)28-25-21(24-26-28)19-12-7-3-2-4-8-13-19/h19-21,25H,2-18H2,1H3. The van der Waals surface area contributed by atoms with Gasteiger partial charge in [0.2, 0.25) is 7.41 Å².